The predicted molar refractivity (Wildman–Crippen MR) is 175 cm³/mol. The normalized spacial score (nSPS) is 16.8. The molecule has 0 atom stereocenters. The summed E-state index contributed by atoms with van der Waals surface area (Å²) in [7, 11) is -1.39. The lowest BCUT2D eigenvalue weighted by atomic mass is 9.98. The number of furan rings is 1. The van der Waals surface area contributed by atoms with Crippen LogP contribution >= 0.6 is 0 Å². The number of pyridine rings is 2. The van der Waals surface area contributed by atoms with Gasteiger partial charge in [-0.15, -0.1) is 0 Å². The molecule has 5 heterocycles. The molecular weight excluding hydrogens is 533 g/mol. The van der Waals surface area contributed by atoms with Crippen LogP contribution in [0.4, 0.5) is 0 Å². The van der Waals surface area contributed by atoms with E-state index in [1.807, 2.05) is 6.07 Å². The van der Waals surface area contributed by atoms with E-state index in [-0.39, 0.29) is 0 Å². The van der Waals surface area contributed by atoms with Gasteiger partial charge in [-0.05, 0) is 47.8 Å². The quantitative estimate of drug-likeness (QED) is 0.191. The van der Waals surface area contributed by atoms with Gasteiger partial charge in [0, 0.05) is 29.1 Å². The summed E-state index contributed by atoms with van der Waals surface area (Å²) in [6, 6.07) is 33.0. The van der Waals surface area contributed by atoms with Crippen molar-refractivity contribution < 1.29 is 8.98 Å². The number of benzene rings is 3. The highest BCUT2D eigenvalue weighted by molar-refractivity contribution is 7.17. The van der Waals surface area contributed by atoms with Gasteiger partial charge in [-0.2, -0.15) is 0 Å². The molecule has 0 radical (unpaired) electrons. The highest BCUT2D eigenvalue weighted by Crippen LogP contribution is 2.37. The molecule has 0 bridgehead atoms. The number of aryl methyl sites for hydroxylation is 2. The Hall–Kier alpha value is -3.81. The third kappa shape index (κ3) is 3.49. The van der Waals surface area contributed by atoms with Crippen molar-refractivity contribution in [3.05, 3.63) is 96.8 Å². The number of hydrogen-bond donors (Lipinski definition) is 0. The van der Waals surface area contributed by atoms with E-state index in [0.29, 0.717) is 5.71 Å². The van der Waals surface area contributed by atoms with Gasteiger partial charge in [0.05, 0.1) is 5.56 Å². The zero-order chi connectivity index (χ0) is 27.9. The molecule has 41 heavy (non-hydrogen) atoms. The van der Waals surface area contributed by atoms with Crippen LogP contribution in [0, 0.1) is 6.92 Å². The van der Waals surface area contributed by atoms with E-state index >= 15 is 0 Å². The molecule has 0 saturated carbocycles. The van der Waals surface area contributed by atoms with Crippen LogP contribution in [0.25, 0.3) is 44.5 Å². The van der Waals surface area contributed by atoms with Gasteiger partial charge in [0.15, 0.2) is 11.8 Å². The number of nitrogens with zero attached hydrogens (tertiary/aromatic N) is 2. The maximum atomic E-state index is 6.40. The van der Waals surface area contributed by atoms with Gasteiger partial charge in [-0.3, -0.25) is 0 Å². The molecule has 0 N–H and O–H groups in total. The Balaban J connectivity index is 1.33. The van der Waals surface area contributed by atoms with Gasteiger partial charge >= 0.3 is 0 Å². The Kier molecular flexibility index (Phi) is 5.38. The van der Waals surface area contributed by atoms with Crippen molar-refractivity contribution in [3.63, 3.8) is 0 Å². The summed E-state index contributed by atoms with van der Waals surface area (Å²) in [5.74, 6) is 0. The summed E-state index contributed by atoms with van der Waals surface area (Å²) in [6.07, 6.45) is 6.75. The first-order valence-corrected chi connectivity index (χ1v) is 20.3. The monoisotopic (exact) mass is 567 g/mol. The van der Waals surface area contributed by atoms with E-state index in [1.165, 1.54) is 41.6 Å². The Bertz CT molecular complexity index is 2020. The van der Waals surface area contributed by atoms with Crippen LogP contribution in [-0.2, 0) is 7.05 Å². The Morgan fingerprint density at radius 1 is 0.756 bits per heavy atom. The Morgan fingerprint density at radius 2 is 1.51 bits per heavy atom. The summed E-state index contributed by atoms with van der Waals surface area (Å²) in [4.78, 5) is 4.51. The lowest BCUT2D eigenvalue weighted by molar-refractivity contribution is -0.660. The van der Waals surface area contributed by atoms with Gasteiger partial charge in [0.25, 0.3) is 0 Å². The maximum Gasteiger partial charge on any atom is 0.227 e. The lowest BCUT2D eigenvalue weighted by Crippen LogP contribution is -2.78. The zero-order valence-corrected chi connectivity index (χ0v) is 26.3. The molecule has 0 aliphatic carbocycles. The van der Waals surface area contributed by atoms with Gasteiger partial charge in [0.2, 0.25) is 11.4 Å². The molecule has 1 fully saturated rings. The average molecular weight is 568 g/mol. The van der Waals surface area contributed by atoms with Crippen LogP contribution in [0.15, 0.2) is 95.7 Å². The molecule has 0 unspecified atom stereocenters. The fourth-order valence-electron chi connectivity index (χ4n) is 8.01. The molecule has 0 amide bonds. The predicted octanol–water partition coefficient (Wildman–Crippen LogP) is 5.94. The van der Waals surface area contributed by atoms with Crippen molar-refractivity contribution in [3.8, 4) is 22.4 Å². The number of hydrogen-bond acceptors (Lipinski definition) is 2. The molecule has 3 aromatic carbocycles. The van der Waals surface area contributed by atoms with Gasteiger partial charge < -0.3 is 4.42 Å². The summed E-state index contributed by atoms with van der Waals surface area (Å²) in [5, 5.41) is 9.06. The first kappa shape index (κ1) is 24.9. The second-order valence-electron chi connectivity index (χ2n) is 12.7. The molecule has 8 rings (SSSR count). The van der Waals surface area contributed by atoms with Crippen LogP contribution in [0.3, 0.4) is 0 Å². The van der Waals surface area contributed by atoms with Gasteiger partial charge in [-0.1, -0.05) is 101 Å². The summed E-state index contributed by atoms with van der Waals surface area (Å²) in [5.41, 5.74) is 7.73. The topological polar surface area (TPSA) is 29.9 Å². The van der Waals surface area contributed by atoms with Crippen LogP contribution in [-0.4, -0.2) is 21.1 Å². The molecule has 202 valence electrons. The van der Waals surface area contributed by atoms with E-state index in [1.54, 1.807) is 26.9 Å². The second kappa shape index (κ2) is 8.84. The molecule has 2 aliphatic rings. The minimum absolute atomic E-state index is 0.696. The minimum Gasteiger partial charge on any atom is -0.437 e. The van der Waals surface area contributed by atoms with E-state index in [9.17, 15) is 0 Å². The summed E-state index contributed by atoms with van der Waals surface area (Å²) < 4.78 is 8.62. The van der Waals surface area contributed by atoms with Crippen molar-refractivity contribution in [1.82, 2.24) is 4.98 Å². The Labute approximate surface area is 243 Å². The van der Waals surface area contributed by atoms with Crippen LogP contribution < -0.4 is 25.3 Å². The Morgan fingerprint density at radius 3 is 2.34 bits per heavy atom. The molecule has 1 spiro atoms. The molecule has 3 aromatic heterocycles. The molecule has 6 aromatic rings. The van der Waals surface area contributed by atoms with E-state index in [4.69, 9.17) is 4.42 Å². The van der Waals surface area contributed by atoms with E-state index < -0.39 is 16.1 Å². The zero-order valence-electron chi connectivity index (χ0n) is 24.3. The minimum atomic E-state index is -1.76. The lowest BCUT2D eigenvalue weighted by Gasteiger charge is -2.43. The van der Waals surface area contributed by atoms with Crippen LogP contribution in [0.5, 0.6) is 0 Å². The van der Waals surface area contributed by atoms with Crippen LogP contribution in [0.2, 0.25) is 25.2 Å². The molecule has 1 saturated heterocycles. The first-order valence-electron chi connectivity index (χ1n) is 14.9. The van der Waals surface area contributed by atoms with Crippen molar-refractivity contribution in [2.45, 2.75) is 44.9 Å². The largest absolute Gasteiger partial charge is 0.437 e. The highest BCUT2D eigenvalue weighted by atomic mass is 28.3. The maximum absolute atomic E-state index is 6.40. The molecule has 5 heteroatoms. The van der Waals surface area contributed by atoms with Crippen molar-refractivity contribution in [2.75, 3.05) is 0 Å². The van der Waals surface area contributed by atoms with Crippen molar-refractivity contribution >= 4 is 59.0 Å². The van der Waals surface area contributed by atoms with E-state index in [0.717, 1.165) is 27.6 Å². The fraction of sp³-hybridized carbons (Fsp3) is 0.222. The number of fused-ring (bicyclic) bond motifs is 7. The number of rotatable bonds is 2. The number of aromatic nitrogens is 2. The van der Waals surface area contributed by atoms with Crippen LogP contribution in [0.1, 0.15) is 18.4 Å². The fourth-order valence-corrected chi connectivity index (χ4v) is 19.5. The molecule has 2 aliphatic heterocycles. The van der Waals surface area contributed by atoms with Crippen molar-refractivity contribution in [2.24, 2.45) is 7.05 Å². The third-order valence-corrected chi connectivity index (χ3v) is 19.5. The summed E-state index contributed by atoms with van der Waals surface area (Å²) >= 11 is 0. The van der Waals surface area contributed by atoms with Gasteiger partial charge in [-0.25, -0.2) is 9.55 Å². The second-order valence-corrected chi connectivity index (χ2v) is 21.3. The average Bonchev–Trinajstić information content (AvgIpc) is 3.63. The SMILES string of the molecule is Cc1ccc2c(oc3ncccc32)c1-c1cc(-c2ccc3c(c2)[Si]2(CCCC2)c2ccccc2[Si]3(C)C)cc[n+]1C. The molecular formula is C36H35N2OSi2+. The summed E-state index contributed by atoms with van der Waals surface area (Å²) in [6.45, 7) is 7.31. The first-order chi connectivity index (χ1) is 19.9. The third-order valence-electron chi connectivity index (χ3n) is 10.1. The van der Waals surface area contributed by atoms with Crippen molar-refractivity contribution in [1.29, 1.82) is 0 Å². The van der Waals surface area contributed by atoms with Gasteiger partial charge in [0.1, 0.15) is 23.2 Å². The molecule has 3 nitrogen and oxygen atoms in total. The highest BCUT2D eigenvalue weighted by Gasteiger charge is 2.50. The standard InChI is InChI=1S/C36H35N2OSi2/c1-24-13-15-27-28-10-9-18-37-36(28)39-35(27)34(24)29-22-26(17-19-38(29)2)25-14-16-31-33(23-25)41(20-7-8-21-41)32-12-6-5-11-30(32)40(31,3)4/h5-6,9-19,22-23H,7-8,20-21H2,1-4H3/q+1. The van der Waals surface area contributed by atoms with E-state index in [2.05, 4.69) is 116 Å². The smallest absolute Gasteiger partial charge is 0.227 e.